The molecule has 1 aromatic carbocycles. The molecule has 4 rings (SSSR count). The predicted molar refractivity (Wildman–Crippen MR) is 120 cm³/mol. The summed E-state index contributed by atoms with van der Waals surface area (Å²) >= 11 is 5.76. The molecule has 156 valence electrons. The van der Waals surface area contributed by atoms with E-state index in [2.05, 4.69) is 16.8 Å². The first-order valence-corrected chi connectivity index (χ1v) is 10.8. The Labute approximate surface area is 181 Å². The van der Waals surface area contributed by atoms with Gasteiger partial charge in [0.15, 0.2) is 0 Å². The van der Waals surface area contributed by atoms with Gasteiger partial charge in [-0.25, -0.2) is 0 Å². The van der Waals surface area contributed by atoms with E-state index in [0.29, 0.717) is 17.0 Å². The molecule has 1 unspecified atom stereocenters. The Balaban J connectivity index is 1.80. The van der Waals surface area contributed by atoms with Crippen LogP contribution in [-0.4, -0.2) is 45.3 Å². The number of rotatable bonds is 6. The van der Waals surface area contributed by atoms with Gasteiger partial charge in [-0.2, -0.15) is 5.10 Å². The summed E-state index contributed by atoms with van der Waals surface area (Å²) < 4.78 is 8.19. The van der Waals surface area contributed by atoms with E-state index in [0.717, 1.165) is 42.4 Å². The molecule has 0 saturated carbocycles. The number of carbonyl (C=O) groups excluding carboxylic acids is 1. The zero-order chi connectivity index (χ0) is 20.9. The van der Waals surface area contributed by atoms with Crippen LogP contribution in [-0.2, 0) is 4.79 Å². The van der Waals surface area contributed by atoms with Crippen molar-refractivity contribution in [2.24, 2.45) is 0 Å². The molecule has 3 heterocycles. The third-order valence-electron chi connectivity index (χ3n) is 5.51. The SMILES string of the molecule is C=CCOc1cccc(C(C(=O)N2CCCCCC2)n2ccc3[nH]ncc3c2=S)c1. The first-order valence-electron chi connectivity index (χ1n) is 10.4. The molecule has 3 aromatic rings. The van der Waals surface area contributed by atoms with Crippen molar-refractivity contribution in [1.29, 1.82) is 0 Å². The fraction of sp³-hybridized carbons (Fsp3) is 0.348. The van der Waals surface area contributed by atoms with E-state index in [9.17, 15) is 4.79 Å². The molecule has 1 amide bonds. The van der Waals surface area contributed by atoms with Crippen LogP contribution in [0.15, 0.2) is 55.4 Å². The van der Waals surface area contributed by atoms with Gasteiger partial charge < -0.3 is 14.2 Å². The van der Waals surface area contributed by atoms with E-state index in [1.165, 1.54) is 12.8 Å². The van der Waals surface area contributed by atoms with Crippen LogP contribution < -0.4 is 4.74 Å². The van der Waals surface area contributed by atoms with Gasteiger partial charge in [-0.1, -0.05) is 49.8 Å². The van der Waals surface area contributed by atoms with Crippen LogP contribution in [0.5, 0.6) is 5.75 Å². The minimum absolute atomic E-state index is 0.0664. The molecule has 0 radical (unpaired) electrons. The molecular weight excluding hydrogens is 396 g/mol. The summed E-state index contributed by atoms with van der Waals surface area (Å²) in [5.74, 6) is 0.772. The van der Waals surface area contributed by atoms with Crippen molar-refractivity contribution >= 4 is 29.0 Å². The van der Waals surface area contributed by atoms with Gasteiger partial charge in [0.25, 0.3) is 0 Å². The van der Waals surface area contributed by atoms with E-state index in [1.807, 2.05) is 46.0 Å². The average Bonchev–Trinajstić information content (AvgIpc) is 3.08. The summed E-state index contributed by atoms with van der Waals surface area (Å²) in [5.41, 5.74) is 1.71. The summed E-state index contributed by atoms with van der Waals surface area (Å²) in [6, 6.07) is 9.05. The Morgan fingerprint density at radius 3 is 2.83 bits per heavy atom. The first-order chi connectivity index (χ1) is 14.7. The number of nitrogens with zero attached hydrogens (tertiary/aromatic N) is 3. The van der Waals surface area contributed by atoms with Gasteiger partial charge in [0, 0.05) is 19.3 Å². The third kappa shape index (κ3) is 4.16. The van der Waals surface area contributed by atoms with Crippen LogP contribution in [0.3, 0.4) is 0 Å². The summed E-state index contributed by atoms with van der Waals surface area (Å²) in [6.07, 6.45) is 9.70. The molecule has 2 aromatic heterocycles. The standard InChI is InChI=1S/C23H26N4O2S/c1-2-14-29-18-9-7-8-17(15-18)21(22(28)26-11-5-3-4-6-12-26)27-13-10-20-19(23(27)30)16-24-25-20/h2,7-10,13,15-16,21H,1,3-6,11-12,14H2,(H,24,25). The van der Waals surface area contributed by atoms with E-state index >= 15 is 0 Å². The second kappa shape index (κ2) is 9.26. The van der Waals surface area contributed by atoms with Crippen LogP contribution in [0.4, 0.5) is 0 Å². The summed E-state index contributed by atoms with van der Waals surface area (Å²) in [6.45, 7) is 5.68. The Morgan fingerprint density at radius 1 is 1.27 bits per heavy atom. The molecule has 1 saturated heterocycles. The quantitative estimate of drug-likeness (QED) is 0.464. The second-order valence-electron chi connectivity index (χ2n) is 7.54. The summed E-state index contributed by atoms with van der Waals surface area (Å²) in [4.78, 5) is 15.8. The zero-order valence-electron chi connectivity index (χ0n) is 16.9. The largest absolute Gasteiger partial charge is 0.490 e. The number of benzene rings is 1. The van der Waals surface area contributed by atoms with Crippen molar-refractivity contribution < 1.29 is 9.53 Å². The van der Waals surface area contributed by atoms with E-state index in [1.54, 1.807) is 12.3 Å². The minimum Gasteiger partial charge on any atom is -0.490 e. The van der Waals surface area contributed by atoms with Crippen LogP contribution in [0.25, 0.3) is 10.9 Å². The molecule has 0 aliphatic carbocycles. The number of ether oxygens (including phenoxy) is 1. The maximum absolute atomic E-state index is 13.8. The molecule has 1 fully saturated rings. The third-order valence-corrected chi connectivity index (χ3v) is 5.94. The number of amides is 1. The lowest BCUT2D eigenvalue weighted by atomic mass is 10.0. The van der Waals surface area contributed by atoms with Crippen LogP contribution >= 0.6 is 12.2 Å². The minimum atomic E-state index is -0.554. The summed E-state index contributed by atoms with van der Waals surface area (Å²) in [7, 11) is 0. The number of H-pyrrole nitrogens is 1. The predicted octanol–water partition coefficient (Wildman–Crippen LogP) is 4.65. The lowest BCUT2D eigenvalue weighted by Gasteiger charge is -2.28. The fourth-order valence-corrected chi connectivity index (χ4v) is 4.30. The number of aromatic nitrogens is 3. The maximum atomic E-state index is 13.8. The van der Waals surface area contributed by atoms with Crippen LogP contribution in [0, 0.1) is 4.64 Å². The highest BCUT2D eigenvalue weighted by Crippen LogP contribution is 2.28. The number of carbonyl (C=O) groups is 1. The maximum Gasteiger partial charge on any atom is 0.250 e. The number of hydrogen-bond donors (Lipinski definition) is 1. The van der Waals surface area contributed by atoms with Gasteiger partial charge in [-0.3, -0.25) is 9.89 Å². The van der Waals surface area contributed by atoms with E-state index in [4.69, 9.17) is 17.0 Å². The molecule has 0 spiro atoms. The number of hydrogen-bond acceptors (Lipinski definition) is 4. The highest BCUT2D eigenvalue weighted by atomic mass is 32.1. The highest BCUT2D eigenvalue weighted by molar-refractivity contribution is 7.71. The molecule has 7 heteroatoms. The molecule has 1 atom stereocenters. The van der Waals surface area contributed by atoms with Crippen LogP contribution in [0.1, 0.15) is 37.3 Å². The number of aromatic amines is 1. The second-order valence-corrected chi connectivity index (χ2v) is 7.93. The van der Waals surface area contributed by atoms with Crippen molar-refractivity contribution in [3.8, 4) is 5.75 Å². The summed E-state index contributed by atoms with van der Waals surface area (Å²) in [5, 5.41) is 7.88. The van der Waals surface area contributed by atoms with Gasteiger partial charge in [0.2, 0.25) is 5.91 Å². The fourth-order valence-electron chi connectivity index (χ4n) is 3.97. The molecule has 30 heavy (non-hydrogen) atoms. The van der Waals surface area contributed by atoms with Gasteiger partial charge in [-0.05, 0) is 36.6 Å². The lowest BCUT2D eigenvalue weighted by Crippen LogP contribution is -2.38. The van der Waals surface area contributed by atoms with E-state index < -0.39 is 6.04 Å². The normalized spacial score (nSPS) is 15.5. The smallest absolute Gasteiger partial charge is 0.250 e. The Morgan fingerprint density at radius 2 is 2.07 bits per heavy atom. The van der Waals surface area contributed by atoms with Crippen molar-refractivity contribution in [1.82, 2.24) is 19.7 Å². The van der Waals surface area contributed by atoms with Crippen molar-refractivity contribution in [2.75, 3.05) is 19.7 Å². The molecule has 1 aliphatic heterocycles. The molecular formula is C23H26N4O2S. The number of pyridine rings is 1. The first kappa shape index (κ1) is 20.3. The number of nitrogens with one attached hydrogen (secondary N) is 1. The van der Waals surface area contributed by atoms with Gasteiger partial charge in [0.1, 0.15) is 23.0 Å². The monoisotopic (exact) mass is 422 g/mol. The Bertz CT molecular complexity index is 1100. The number of fused-ring (bicyclic) bond motifs is 1. The Hall–Kier alpha value is -2.93. The topological polar surface area (TPSA) is 63.1 Å². The average molecular weight is 423 g/mol. The van der Waals surface area contributed by atoms with Crippen LogP contribution in [0.2, 0.25) is 0 Å². The van der Waals surface area contributed by atoms with Crippen molar-refractivity contribution in [3.63, 3.8) is 0 Å². The Kier molecular flexibility index (Phi) is 6.28. The number of likely N-dealkylation sites (tertiary alicyclic amines) is 1. The van der Waals surface area contributed by atoms with Crippen molar-refractivity contribution in [3.05, 3.63) is 65.6 Å². The molecule has 1 N–H and O–H groups in total. The van der Waals surface area contributed by atoms with E-state index in [-0.39, 0.29) is 5.91 Å². The van der Waals surface area contributed by atoms with Gasteiger partial charge in [-0.15, -0.1) is 0 Å². The molecule has 6 nitrogen and oxygen atoms in total. The molecule has 1 aliphatic rings. The molecule has 0 bridgehead atoms. The lowest BCUT2D eigenvalue weighted by molar-refractivity contribution is -0.133. The van der Waals surface area contributed by atoms with Gasteiger partial charge >= 0.3 is 0 Å². The zero-order valence-corrected chi connectivity index (χ0v) is 17.7. The highest BCUT2D eigenvalue weighted by Gasteiger charge is 2.29. The van der Waals surface area contributed by atoms with Crippen molar-refractivity contribution in [2.45, 2.75) is 31.7 Å². The van der Waals surface area contributed by atoms with Gasteiger partial charge in [0.05, 0.1) is 17.1 Å².